The number of rotatable bonds is 6. The molecule has 0 fully saturated rings. The fourth-order valence-corrected chi connectivity index (χ4v) is 4.19. The van der Waals surface area contributed by atoms with Crippen LogP contribution in [-0.2, 0) is 6.54 Å². The topological polar surface area (TPSA) is 68.5 Å². The van der Waals surface area contributed by atoms with Crippen molar-refractivity contribution >= 4 is 27.2 Å². The zero-order valence-corrected chi connectivity index (χ0v) is 17.1. The fourth-order valence-electron chi connectivity index (χ4n) is 3.13. The number of thiophene rings is 1. The van der Waals surface area contributed by atoms with E-state index in [-0.39, 0.29) is 11.4 Å². The van der Waals surface area contributed by atoms with Crippen LogP contribution in [-0.4, -0.2) is 28.9 Å². The molecule has 4 aromatic rings. The number of benzene rings is 2. The van der Waals surface area contributed by atoms with Crippen molar-refractivity contribution in [3.05, 3.63) is 82.3 Å². The molecule has 0 saturated heterocycles. The molecule has 0 saturated carbocycles. The van der Waals surface area contributed by atoms with Crippen molar-refractivity contribution in [2.24, 2.45) is 0 Å². The summed E-state index contributed by atoms with van der Waals surface area (Å²) in [5.41, 5.74) is 2.70. The molecule has 0 atom stereocenters. The average Bonchev–Trinajstić information content (AvgIpc) is 3.14. The summed E-state index contributed by atoms with van der Waals surface area (Å²) < 4.78 is 20.8. The number of nitro benzene ring substituents is 1. The Bertz CT molecular complexity index is 1240. The zero-order valence-electron chi connectivity index (χ0n) is 16.3. The van der Waals surface area contributed by atoms with E-state index >= 15 is 0 Å². The number of non-ortho nitro benzene ring substituents is 1. The van der Waals surface area contributed by atoms with Gasteiger partial charge in [0, 0.05) is 29.8 Å². The van der Waals surface area contributed by atoms with Gasteiger partial charge < -0.3 is 9.64 Å². The van der Waals surface area contributed by atoms with Crippen molar-refractivity contribution < 1.29 is 14.1 Å². The van der Waals surface area contributed by atoms with Gasteiger partial charge in [0.15, 0.2) is 11.6 Å². The first-order valence-corrected chi connectivity index (χ1v) is 9.97. The summed E-state index contributed by atoms with van der Waals surface area (Å²) in [6.45, 7) is 0.838. The van der Waals surface area contributed by atoms with Gasteiger partial charge in [-0.3, -0.25) is 15.1 Å². The molecule has 0 amide bonds. The summed E-state index contributed by atoms with van der Waals surface area (Å²) in [5.74, 6) is -0.410. The number of ether oxygens (including phenoxy) is 1. The minimum absolute atomic E-state index is 0.0731. The molecule has 2 heterocycles. The molecule has 6 nitrogen and oxygen atoms in total. The van der Waals surface area contributed by atoms with Crippen molar-refractivity contribution in [3.63, 3.8) is 0 Å². The standard InChI is InChI=1S/C22H18FN3O3S/c1-25(2)13-14-4-3-5-15(10-14)21-12-18-22(30-21)20(8-9-24-18)29-19-7-6-16(26(27)28)11-17(19)23/h3-12H,13H2,1-2H3. The minimum atomic E-state index is -0.790. The van der Waals surface area contributed by atoms with Crippen LogP contribution in [0, 0.1) is 15.9 Å². The normalized spacial score (nSPS) is 11.2. The lowest BCUT2D eigenvalue weighted by Gasteiger charge is -2.10. The lowest BCUT2D eigenvalue weighted by Crippen LogP contribution is -2.10. The Balaban J connectivity index is 1.69. The molecule has 0 radical (unpaired) electrons. The maximum Gasteiger partial charge on any atom is 0.272 e. The van der Waals surface area contributed by atoms with Crippen molar-refractivity contribution in [1.29, 1.82) is 0 Å². The summed E-state index contributed by atoms with van der Waals surface area (Å²) in [5, 5.41) is 10.8. The molecule has 0 spiro atoms. The maximum absolute atomic E-state index is 14.3. The van der Waals surface area contributed by atoms with Crippen molar-refractivity contribution in [2.75, 3.05) is 14.1 Å². The van der Waals surface area contributed by atoms with Crippen LogP contribution >= 0.6 is 11.3 Å². The van der Waals surface area contributed by atoms with Gasteiger partial charge >= 0.3 is 0 Å². The first-order chi connectivity index (χ1) is 14.4. The first-order valence-electron chi connectivity index (χ1n) is 9.15. The number of hydrogen-bond acceptors (Lipinski definition) is 6. The van der Waals surface area contributed by atoms with E-state index in [0.29, 0.717) is 5.75 Å². The van der Waals surface area contributed by atoms with E-state index in [1.54, 1.807) is 12.3 Å². The van der Waals surface area contributed by atoms with Gasteiger partial charge in [-0.1, -0.05) is 18.2 Å². The van der Waals surface area contributed by atoms with E-state index < -0.39 is 10.7 Å². The van der Waals surface area contributed by atoms with Crippen LogP contribution in [0.5, 0.6) is 11.5 Å². The zero-order chi connectivity index (χ0) is 21.3. The summed E-state index contributed by atoms with van der Waals surface area (Å²) >= 11 is 1.51. The number of nitro groups is 1. The van der Waals surface area contributed by atoms with Crippen LogP contribution < -0.4 is 4.74 Å². The molecule has 0 aliphatic rings. The van der Waals surface area contributed by atoms with Crippen LogP contribution in [0.3, 0.4) is 0 Å². The highest BCUT2D eigenvalue weighted by molar-refractivity contribution is 7.22. The smallest absolute Gasteiger partial charge is 0.272 e. The highest BCUT2D eigenvalue weighted by Crippen LogP contribution is 2.40. The molecule has 8 heteroatoms. The number of fused-ring (bicyclic) bond motifs is 1. The highest BCUT2D eigenvalue weighted by atomic mass is 32.1. The highest BCUT2D eigenvalue weighted by Gasteiger charge is 2.15. The molecule has 4 rings (SSSR count). The van der Waals surface area contributed by atoms with E-state index in [2.05, 4.69) is 22.0 Å². The SMILES string of the molecule is CN(C)Cc1cccc(-c2cc3nccc(Oc4ccc([N+](=O)[O-])cc4F)c3s2)c1. The number of halogens is 1. The lowest BCUT2D eigenvalue weighted by molar-refractivity contribution is -0.385. The molecule has 0 bridgehead atoms. The molecule has 30 heavy (non-hydrogen) atoms. The Morgan fingerprint density at radius 2 is 1.97 bits per heavy atom. The van der Waals surface area contributed by atoms with Gasteiger partial charge in [0.05, 0.1) is 21.2 Å². The van der Waals surface area contributed by atoms with Gasteiger partial charge in [-0.15, -0.1) is 11.3 Å². The third-order valence-corrected chi connectivity index (χ3v) is 5.62. The van der Waals surface area contributed by atoms with Gasteiger partial charge in [-0.25, -0.2) is 4.39 Å². The number of hydrogen-bond donors (Lipinski definition) is 0. The minimum Gasteiger partial charge on any atom is -0.453 e. The van der Waals surface area contributed by atoms with Crippen molar-refractivity contribution in [1.82, 2.24) is 9.88 Å². The second-order valence-corrected chi connectivity index (χ2v) is 8.10. The lowest BCUT2D eigenvalue weighted by atomic mass is 10.1. The molecule has 152 valence electrons. The summed E-state index contributed by atoms with van der Waals surface area (Å²) in [6.07, 6.45) is 1.60. The predicted octanol–water partition coefficient (Wildman–Crippen LogP) is 5.86. The van der Waals surface area contributed by atoms with Gasteiger partial charge in [0.1, 0.15) is 5.75 Å². The van der Waals surface area contributed by atoms with Crippen molar-refractivity contribution in [2.45, 2.75) is 6.54 Å². The monoisotopic (exact) mass is 423 g/mol. The molecule has 0 aliphatic heterocycles. The van der Waals surface area contributed by atoms with E-state index in [0.717, 1.165) is 33.3 Å². The molecule has 2 aromatic heterocycles. The third kappa shape index (κ3) is 4.14. The summed E-state index contributed by atoms with van der Waals surface area (Å²) in [6, 6.07) is 15.3. The fraction of sp³-hybridized carbons (Fsp3) is 0.136. The Morgan fingerprint density at radius 3 is 2.70 bits per heavy atom. The molecular formula is C22H18FN3O3S. The summed E-state index contributed by atoms with van der Waals surface area (Å²) in [4.78, 5) is 17.7. The van der Waals surface area contributed by atoms with E-state index in [1.807, 2.05) is 32.3 Å². The molecule has 0 unspecified atom stereocenters. The van der Waals surface area contributed by atoms with E-state index in [1.165, 1.54) is 29.0 Å². The Morgan fingerprint density at radius 1 is 1.13 bits per heavy atom. The average molecular weight is 423 g/mol. The van der Waals surface area contributed by atoms with Crippen LogP contribution in [0.4, 0.5) is 10.1 Å². The number of aromatic nitrogens is 1. The number of pyridine rings is 1. The molecule has 2 aromatic carbocycles. The van der Waals surface area contributed by atoms with E-state index in [9.17, 15) is 14.5 Å². The quantitative estimate of drug-likeness (QED) is 0.287. The molecular weight excluding hydrogens is 405 g/mol. The first kappa shape index (κ1) is 19.9. The second-order valence-electron chi connectivity index (χ2n) is 7.05. The Labute approximate surface area is 176 Å². The van der Waals surface area contributed by atoms with Gasteiger partial charge in [-0.05, 0) is 43.4 Å². The Kier molecular flexibility index (Phi) is 5.43. The van der Waals surface area contributed by atoms with Crippen LogP contribution in [0.15, 0.2) is 60.8 Å². The number of nitrogens with zero attached hydrogens (tertiary/aromatic N) is 3. The Hall–Kier alpha value is -3.36. The van der Waals surface area contributed by atoms with Gasteiger partial charge in [0.25, 0.3) is 5.69 Å². The van der Waals surface area contributed by atoms with Crippen LogP contribution in [0.1, 0.15) is 5.56 Å². The van der Waals surface area contributed by atoms with E-state index in [4.69, 9.17) is 4.74 Å². The largest absolute Gasteiger partial charge is 0.453 e. The maximum atomic E-state index is 14.3. The van der Waals surface area contributed by atoms with Crippen LogP contribution in [0.2, 0.25) is 0 Å². The molecule has 0 N–H and O–H groups in total. The summed E-state index contributed by atoms with van der Waals surface area (Å²) in [7, 11) is 4.05. The molecule has 0 aliphatic carbocycles. The van der Waals surface area contributed by atoms with Crippen LogP contribution in [0.25, 0.3) is 20.7 Å². The third-order valence-electron chi connectivity index (χ3n) is 4.43. The van der Waals surface area contributed by atoms with Gasteiger partial charge in [0.2, 0.25) is 0 Å². The van der Waals surface area contributed by atoms with Gasteiger partial charge in [-0.2, -0.15) is 0 Å². The predicted molar refractivity (Wildman–Crippen MR) is 116 cm³/mol. The second kappa shape index (κ2) is 8.17. The van der Waals surface area contributed by atoms with Crippen molar-refractivity contribution in [3.8, 4) is 21.9 Å².